The highest BCUT2D eigenvalue weighted by Crippen LogP contribution is 2.32. The van der Waals surface area contributed by atoms with E-state index in [0.29, 0.717) is 0 Å². The van der Waals surface area contributed by atoms with Gasteiger partial charge in [-0.3, -0.25) is 0 Å². The summed E-state index contributed by atoms with van der Waals surface area (Å²) in [6.45, 7) is 1.24. The molecule has 0 bridgehead atoms. The van der Waals surface area contributed by atoms with Crippen molar-refractivity contribution in [3.63, 3.8) is 0 Å². The number of hydrogen-bond donors (Lipinski definition) is 1. The molecule has 2 atom stereocenters. The first-order valence-corrected chi connectivity index (χ1v) is 7.52. The molecular weight excluding hydrogens is 222 g/mol. The molecule has 2 saturated carbocycles. The SMILES string of the molecule is Cn1ccnc1CC1CCCCC1CNC1CC1. The maximum absolute atomic E-state index is 4.49. The van der Waals surface area contributed by atoms with E-state index in [1.165, 1.54) is 57.3 Å². The molecular formula is C15H25N3. The van der Waals surface area contributed by atoms with Crippen molar-refractivity contribution in [1.29, 1.82) is 0 Å². The summed E-state index contributed by atoms with van der Waals surface area (Å²) in [5.41, 5.74) is 0. The van der Waals surface area contributed by atoms with E-state index in [2.05, 4.69) is 28.1 Å². The van der Waals surface area contributed by atoms with Gasteiger partial charge in [-0.1, -0.05) is 12.8 Å². The lowest BCUT2D eigenvalue weighted by atomic mass is 9.77. The predicted molar refractivity (Wildman–Crippen MR) is 73.4 cm³/mol. The van der Waals surface area contributed by atoms with E-state index in [1.807, 2.05) is 6.20 Å². The van der Waals surface area contributed by atoms with Crippen LogP contribution in [0, 0.1) is 11.8 Å². The summed E-state index contributed by atoms with van der Waals surface area (Å²) in [7, 11) is 2.11. The molecule has 2 unspecified atom stereocenters. The average molecular weight is 247 g/mol. The highest BCUT2D eigenvalue weighted by atomic mass is 15.0. The van der Waals surface area contributed by atoms with Crippen molar-refractivity contribution in [3.8, 4) is 0 Å². The Morgan fingerprint density at radius 1 is 1.22 bits per heavy atom. The van der Waals surface area contributed by atoms with Crippen LogP contribution < -0.4 is 5.32 Å². The first kappa shape index (κ1) is 12.2. The van der Waals surface area contributed by atoms with Crippen LogP contribution >= 0.6 is 0 Å². The zero-order valence-corrected chi connectivity index (χ0v) is 11.4. The van der Waals surface area contributed by atoms with Crippen molar-refractivity contribution in [1.82, 2.24) is 14.9 Å². The van der Waals surface area contributed by atoms with Crippen molar-refractivity contribution in [2.45, 2.75) is 51.0 Å². The topological polar surface area (TPSA) is 29.9 Å². The first-order chi connectivity index (χ1) is 8.83. The van der Waals surface area contributed by atoms with Crippen molar-refractivity contribution in [2.75, 3.05) is 6.54 Å². The van der Waals surface area contributed by atoms with Gasteiger partial charge in [0.15, 0.2) is 0 Å². The molecule has 2 aliphatic carbocycles. The maximum Gasteiger partial charge on any atom is 0.108 e. The van der Waals surface area contributed by atoms with Gasteiger partial charge in [-0.05, 0) is 44.1 Å². The molecule has 3 rings (SSSR count). The monoisotopic (exact) mass is 247 g/mol. The van der Waals surface area contributed by atoms with Gasteiger partial charge in [-0.25, -0.2) is 4.98 Å². The molecule has 1 heterocycles. The largest absolute Gasteiger partial charge is 0.338 e. The van der Waals surface area contributed by atoms with Gasteiger partial charge in [0.25, 0.3) is 0 Å². The van der Waals surface area contributed by atoms with Crippen LogP contribution in [0.15, 0.2) is 12.4 Å². The minimum Gasteiger partial charge on any atom is -0.338 e. The molecule has 0 aliphatic heterocycles. The third-order valence-corrected chi connectivity index (χ3v) is 4.68. The lowest BCUT2D eigenvalue weighted by Gasteiger charge is -2.31. The van der Waals surface area contributed by atoms with Crippen molar-refractivity contribution in [2.24, 2.45) is 18.9 Å². The van der Waals surface area contributed by atoms with Gasteiger partial charge in [0.05, 0.1) is 0 Å². The van der Waals surface area contributed by atoms with Crippen LogP contribution in [0.25, 0.3) is 0 Å². The summed E-state index contributed by atoms with van der Waals surface area (Å²) >= 11 is 0. The number of aromatic nitrogens is 2. The maximum atomic E-state index is 4.49. The highest BCUT2D eigenvalue weighted by molar-refractivity contribution is 4.95. The molecule has 0 aromatic carbocycles. The first-order valence-electron chi connectivity index (χ1n) is 7.52. The van der Waals surface area contributed by atoms with Crippen LogP contribution in [-0.2, 0) is 13.5 Å². The summed E-state index contributed by atoms with van der Waals surface area (Å²) in [5.74, 6) is 2.97. The fraction of sp³-hybridized carbons (Fsp3) is 0.800. The average Bonchev–Trinajstić information content (AvgIpc) is 3.13. The second-order valence-corrected chi connectivity index (χ2v) is 6.15. The van der Waals surface area contributed by atoms with Gasteiger partial charge in [-0.2, -0.15) is 0 Å². The van der Waals surface area contributed by atoms with Gasteiger partial charge >= 0.3 is 0 Å². The standard InChI is InChI=1S/C15H25N3/c1-18-9-8-16-15(18)10-12-4-2-3-5-13(12)11-17-14-6-7-14/h8-9,12-14,17H,2-7,10-11H2,1H3. The molecule has 1 N–H and O–H groups in total. The summed E-state index contributed by atoms with van der Waals surface area (Å²) in [5, 5.41) is 3.72. The third-order valence-electron chi connectivity index (χ3n) is 4.68. The summed E-state index contributed by atoms with van der Waals surface area (Å²) in [6, 6.07) is 0.848. The molecule has 2 fully saturated rings. The number of hydrogen-bond acceptors (Lipinski definition) is 2. The Balaban J connectivity index is 1.58. The van der Waals surface area contributed by atoms with Crippen molar-refractivity contribution >= 4 is 0 Å². The summed E-state index contributed by atoms with van der Waals surface area (Å²) < 4.78 is 2.18. The van der Waals surface area contributed by atoms with E-state index in [0.717, 1.165) is 17.9 Å². The highest BCUT2D eigenvalue weighted by Gasteiger charge is 2.28. The number of nitrogens with zero attached hydrogens (tertiary/aromatic N) is 2. The van der Waals surface area contributed by atoms with E-state index in [9.17, 15) is 0 Å². The van der Waals surface area contributed by atoms with Crippen LogP contribution in [0.5, 0.6) is 0 Å². The van der Waals surface area contributed by atoms with Crippen molar-refractivity contribution in [3.05, 3.63) is 18.2 Å². The second-order valence-electron chi connectivity index (χ2n) is 6.15. The number of imidazole rings is 1. The van der Waals surface area contributed by atoms with Crippen molar-refractivity contribution < 1.29 is 0 Å². The molecule has 0 spiro atoms. The minimum absolute atomic E-state index is 0.839. The number of aryl methyl sites for hydroxylation is 1. The van der Waals surface area contributed by atoms with Gasteiger partial charge in [-0.15, -0.1) is 0 Å². The molecule has 100 valence electrons. The fourth-order valence-electron chi connectivity index (χ4n) is 3.26. The Morgan fingerprint density at radius 2 is 2.00 bits per heavy atom. The van der Waals surface area contributed by atoms with Crippen LogP contribution in [0.4, 0.5) is 0 Å². The van der Waals surface area contributed by atoms with Crippen LogP contribution in [0.2, 0.25) is 0 Å². The van der Waals surface area contributed by atoms with E-state index < -0.39 is 0 Å². The minimum atomic E-state index is 0.839. The smallest absolute Gasteiger partial charge is 0.108 e. The number of rotatable bonds is 5. The van der Waals surface area contributed by atoms with E-state index in [-0.39, 0.29) is 0 Å². The van der Waals surface area contributed by atoms with Gasteiger partial charge in [0.1, 0.15) is 5.82 Å². The van der Waals surface area contributed by atoms with Gasteiger partial charge in [0, 0.05) is 31.9 Å². The zero-order chi connectivity index (χ0) is 12.4. The van der Waals surface area contributed by atoms with Gasteiger partial charge < -0.3 is 9.88 Å². The van der Waals surface area contributed by atoms with Crippen LogP contribution in [0.1, 0.15) is 44.3 Å². The normalized spacial score (nSPS) is 28.5. The van der Waals surface area contributed by atoms with E-state index >= 15 is 0 Å². The van der Waals surface area contributed by atoms with Gasteiger partial charge in [0.2, 0.25) is 0 Å². The molecule has 2 aliphatic rings. The zero-order valence-electron chi connectivity index (χ0n) is 11.4. The molecule has 1 aromatic rings. The molecule has 1 aromatic heterocycles. The molecule has 0 radical (unpaired) electrons. The molecule has 3 heteroatoms. The summed E-state index contributed by atoms with van der Waals surface area (Å²) in [6.07, 6.45) is 13.6. The molecule has 18 heavy (non-hydrogen) atoms. The quantitative estimate of drug-likeness (QED) is 0.866. The molecule has 3 nitrogen and oxygen atoms in total. The lowest BCUT2D eigenvalue weighted by Crippen LogP contribution is -2.33. The predicted octanol–water partition coefficient (Wildman–Crippen LogP) is 2.52. The third kappa shape index (κ3) is 2.94. The van der Waals surface area contributed by atoms with Crippen LogP contribution in [0.3, 0.4) is 0 Å². The van der Waals surface area contributed by atoms with Crippen LogP contribution in [-0.4, -0.2) is 22.1 Å². The molecule has 0 amide bonds. The Bertz CT molecular complexity index is 381. The Kier molecular flexibility index (Phi) is 3.69. The Morgan fingerprint density at radius 3 is 2.67 bits per heavy atom. The van der Waals surface area contributed by atoms with E-state index in [4.69, 9.17) is 0 Å². The van der Waals surface area contributed by atoms with E-state index in [1.54, 1.807) is 0 Å². The Hall–Kier alpha value is -0.830. The number of nitrogens with one attached hydrogen (secondary N) is 1. The fourth-order valence-corrected chi connectivity index (χ4v) is 3.26. The molecule has 0 saturated heterocycles. The summed E-state index contributed by atoms with van der Waals surface area (Å²) in [4.78, 5) is 4.49. The Labute approximate surface area is 110 Å². The lowest BCUT2D eigenvalue weighted by molar-refractivity contribution is 0.224. The second kappa shape index (κ2) is 5.43.